The zero-order valence-corrected chi connectivity index (χ0v) is 28.1. The van der Waals surface area contributed by atoms with Crippen molar-refractivity contribution in [3.63, 3.8) is 0 Å². The molecule has 0 saturated heterocycles. The first-order valence-corrected chi connectivity index (χ1v) is 15.6. The van der Waals surface area contributed by atoms with Crippen LogP contribution < -0.4 is 21.3 Å². The number of hydrogen-bond acceptors (Lipinski definition) is 12. The minimum Gasteiger partial charge on any atom is -0.480 e. The maximum absolute atomic E-state index is 11.9. The highest BCUT2D eigenvalue weighted by molar-refractivity contribution is 5.81. The van der Waals surface area contributed by atoms with Crippen LogP contribution in [-0.4, -0.2) is 145 Å². The van der Waals surface area contributed by atoms with Gasteiger partial charge in [-0.3, -0.25) is 29.3 Å². The average Bonchev–Trinajstić information content (AvgIpc) is 2.98. The summed E-state index contributed by atoms with van der Waals surface area (Å²) in [7, 11) is 0. The normalized spacial score (nSPS) is 12.1. The Labute approximate surface area is 272 Å². The molecule has 0 rings (SSSR count). The fourth-order valence-corrected chi connectivity index (χ4v) is 3.36. The Hall–Kier alpha value is -2.73. The van der Waals surface area contributed by atoms with E-state index in [0.717, 1.165) is 0 Å². The third kappa shape index (κ3) is 28.7. The van der Waals surface area contributed by atoms with Crippen LogP contribution in [0.15, 0.2) is 0 Å². The summed E-state index contributed by atoms with van der Waals surface area (Å²) in [5.41, 5.74) is -0.377. The highest BCUT2D eigenvalue weighted by Crippen LogP contribution is 2.06. The monoisotopic (exact) mass is 664 g/mol. The molecule has 0 unspecified atom stereocenters. The molecule has 0 saturated carbocycles. The van der Waals surface area contributed by atoms with Crippen molar-refractivity contribution in [1.29, 1.82) is 0 Å². The fraction of sp³-hybridized carbons (Fsp3) is 0.833. The summed E-state index contributed by atoms with van der Waals surface area (Å²) in [6, 6.07) is -0.805. The average molecular weight is 665 g/mol. The van der Waals surface area contributed by atoms with Gasteiger partial charge in [0, 0.05) is 37.5 Å². The Bertz CT molecular complexity index is 867. The number of aliphatic carboxylic acids is 1. The van der Waals surface area contributed by atoms with Gasteiger partial charge in [0.15, 0.2) is 5.78 Å². The quantitative estimate of drug-likeness (QED) is 0.0602. The standard InChI is InChI=1S/C30H56N4O12/c1-23(2)25(35)20-44-17-14-42-12-9-32-27(37)22-46-19-16-43-13-10-33-28(38)21-45-18-15-41-11-8-31-26(36)7-6-24(29(39)40)34-30(3,4)5/h23-24,34H,6-22H2,1-5H3,(H,31,36)(H,32,37)(H,33,38)(H,39,40)/t24-/m0/s1. The summed E-state index contributed by atoms with van der Waals surface area (Å²) in [5.74, 6) is -1.84. The second kappa shape index (κ2) is 27.4. The molecule has 0 heterocycles. The lowest BCUT2D eigenvalue weighted by Crippen LogP contribution is -2.48. The highest BCUT2D eigenvalue weighted by atomic mass is 16.5. The molecule has 0 radical (unpaired) electrons. The van der Waals surface area contributed by atoms with Crippen LogP contribution in [0.25, 0.3) is 0 Å². The summed E-state index contributed by atoms with van der Waals surface area (Å²) >= 11 is 0. The van der Waals surface area contributed by atoms with E-state index in [9.17, 15) is 29.1 Å². The van der Waals surface area contributed by atoms with Crippen molar-refractivity contribution in [3.05, 3.63) is 0 Å². The Morgan fingerprint density at radius 3 is 1.37 bits per heavy atom. The lowest BCUT2D eigenvalue weighted by Gasteiger charge is -2.25. The van der Waals surface area contributed by atoms with Gasteiger partial charge < -0.3 is 49.5 Å². The SMILES string of the molecule is CC(C)C(=O)COCCOCCNC(=O)COCCOCCNC(=O)COCCOCCNC(=O)CC[C@H](NC(C)(C)C)C(=O)O. The van der Waals surface area contributed by atoms with Crippen molar-refractivity contribution < 1.29 is 57.5 Å². The molecule has 0 aromatic carbocycles. The van der Waals surface area contributed by atoms with E-state index in [0.29, 0.717) is 26.4 Å². The minimum atomic E-state index is -0.995. The number of carboxylic acids is 1. The van der Waals surface area contributed by atoms with Gasteiger partial charge in [-0.1, -0.05) is 13.8 Å². The second-order valence-electron chi connectivity index (χ2n) is 11.5. The zero-order chi connectivity index (χ0) is 34.6. The molecular weight excluding hydrogens is 608 g/mol. The van der Waals surface area contributed by atoms with Crippen LogP contribution in [0.5, 0.6) is 0 Å². The number of carbonyl (C=O) groups is 5. The molecule has 0 bridgehead atoms. The smallest absolute Gasteiger partial charge is 0.320 e. The molecule has 0 aliphatic carbocycles. The maximum Gasteiger partial charge on any atom is 0.320 e. The van der Waals surface area contributed by atoms with Crippen LogP contribution in [0.2, 0.25) is 0 Å². The van der Waals surface area contributed by atoms with E-state index in [2.05, 4.69) is 21.3 Å². The third-order valence-electron chi connectivity index (χ3n) is 5.74. The number of ether oxygens (including phenoxy) is 6. The van der Waals surface area contributed by atoms with E-state index in [1.54, 1.807) is 0 Å². The molecule has 0 aromatic rings. The topological polar surface area (TPSA) is 209 Å². The van der Waals surface area contributed by atoms with Gasteiger partial charge in [0.2, 0.25) is 17.7 Å². The molecule has 0 fully saturated rings. The molecular formula is C30H56N4O12. The van der Waals surface area contributed by atoms with Crippen LogP contribution >= 0.6 is 0 Å². The largest absolute Gasteiger partial charge is 0.480 e. The van der Waals surface area contributed by atoms with Gasteiger partial charge in [0.05, 0.1) is 59.5 Å². The molecule has 46 heavy (non-hydrogen) atoms. The molecule has 3 amide bonds. The van der Waals surface area contributed by atoms with Gasteiger partial charge in [-0.2, -0.15) is 0 Å². The van der Waals surface area contributed by atoms with E-state index >= 15 is 0 Å². The predicted molar refractivity (Wildman–Crippen MR) is 167 cm³/mol. The Balaban J connectivity index is 3.51. The Kier molecular flexibility index (Phi) is 25.8. The minimum absolute atomic E-state index is 0.0433. The highest BCUT2D eigenvalue weighted by Gasteiger charge is 2.23. The van der Waals surface area contributed by atoms with Crippen molar-refractivity contribution in [2.45, 2.75) is 59.0 Å². The van der Waals surface area contributed by atoms with Gasteiger partial charge in [0.1, 0.15) is 25.9 Å². The van der Waals surface area contributed by atoms with Crippen molar-refractivity contribution in [1.82, 2.24) is 21.3 Å². The van der Waals surface area contributed by atoms with Gasteiger partial charge >= 0.3 is 5.97 Å². The summed E-state index contributed by atoms with van der Waals surface area (Å²) in [4.78, 5) is 58.2. The lowest BCUT2D eigenvalue weighted by molar-refractivity contribution is -0.140. The van der Waals surface area contributed by atoms with Crippen molar-refractivity contribution in [3.8, 4) is 0 Å². The van der Waals surface area contributed by atoms with E-state index in [-0.39, 0.29) is 120 Å². The molecule has 0 aliphatic heterocycles. The first-order valence-electron chi connectivity index (χ1n) is 15.6. The first kappa shape index (κ1) is 43.3. The van der Waals surface area contributed by atoms with Gasteiger partial charge in [-0.25, -0.2) is 0 Å². The van der Waals surface area contributed by atoms with E-state index in [1.165, 1.54) is 0 Å². The summed E-state index contributed by atoms with van der Waals surface area (Å²) in [6.07, 6.45) is 0.258. The fourth-order valence-electron chi connectivity index (χ4n) is 3.36. The van der Waals surface area contributed by atoms with Crippen molar-refractivity contribution >= 4 is 29.5 Å². The molecule has 5 N–H and O–H groups in total. The molecule has 16 nitrogen and oxygen atoms in total. The van der Waals surface area contributed by atoms with Crippen LogP contribution in [0.3, 0.4) is 0 Å². The Morgan fingerprint density at radius 1 is 0.587 bits per heavy atom. The van der Waals surface area contributed by atoms with Crippen LogP contribution in [0.4, 0.5) is 0 Å². The third-order valence-corrected chi connectivity index (χ3v) is 5.74. The first-order chi connectivity index (χ1) is 21.8. The van der Waals surface area contributed by atoms with Crippen molar-refractivity contribution in [2.75, 3.05) is 98.9 Å². The zero-order valence-electron chi connectivity index (χ0n) is 28.1. The maximum atomic E-state index is 11.9. The number of ketones is 1. The van der Waals surface area contributed by atoms with E-state index < -0.39 is 12.0 Å². The molecule has 0 spiro atoms. The summed E-state index contributed by atoms with van der Waals surface area (Å²) in [5, 5.41) is 20.2. The van der Waals surface area contributed by atoms with Crippen LogP contribution in [0.1, 0.15) is 47.5 Å². The molecule has 1 atom stereocenters. The number of rotatable bonds is 30. The molecule has 0 aromatic heterocycles. The lowest BCUT2D eigenvalue weighted by atomic mass is 10.0. The summed E-state index contributed by atoms with van der Waals surface area (Å²) < 4.78 is 31.7. The molecule has 0 aliphatic rings. The number of Topliss-reactive ketones (excluding diaryl/α,β-unsaturated/α-hetero) is 1. The molecule has 16 heteroatoms. The second-order valence-corrected chi connectivity index (χ2v) is 11.5. The number of carbonyl (C=O) groups excluding carboxylic acids is 4. The number of carboxylic acid groups (broad SMARTS) is 1. The van der Waals surface area contributed by atoms with Crippen LogP contribution in [0, 0.1) is 5.92 Å². The van der Waals surface area contributed by atoms with Crippen molar-refractivity contribution in [2.24, 2.45) is 5.92 Å². The summed E-state index contributed by atoms with van der Waals surface area (Å²) in [6.45, 7) is 12.4. The molecule has 268 valence electrons. The number of nitrogens with one attached hydrogen (secondary N) is 4. The van der Waals surface area contributed by atoms with E-state index in [4.69, 9.17) is 28.4 Å². The van der Waals surface area contributed by atoms with Gasteiger partial charge in [-0.05, 0) is 27.2 Å². The van der Waals surface area contributed by atoms with E-state index in [1.807, 2.05) is 34.6 Å². The Morgan fingerprint density at radius 2 is 0.978 bits per heavy atom. The van der Waals surface area contributed by atoms with Gasteiger partial charge in [-0.15, -0.1) is 0 Å². The predicted octanol–water partition coefficient (Wildman–Crippen LogP) is -0.719. The van der Waals surface area contributed by atoms with Gasteiger partial charge in [0.25, 0.3) is 0 Å². The number of hydrogen-bond donors (Lipinski definition) is 5. The van der Waals surface area contributed by atoms with Crippen LogP contribution in [-0.2, 0) is 52.4 Å². The number of amides is 3.